The lowest BCUT2D eigenvalue weighted by molar-refractivity contribution is -0.137. The fourth-order valence-corrected chi connectivity index (χ4v) is 3.20. The molecule has 0 aliphatic rings. The number of nitrogens with one attached hydrogen (secondary N) is 1. The number of hydrogen-bond acceptors (Lipinski definition) is 5. The Balaban J connectivity index is 1.83. The number of anilines is 2. The highest BCUT2D eigenvalue weighted by Crippen LogP contribution is 2.29. The van der Waals surface area contributed by atoms with Gasteiger partial charge in [0.1, 0.15) is 11.5 Å². The monoisotopic (exact) mass is 464 g/mol. The number of nitrogen functional groups attached to an aromatic ring is 1. The van der Waals surface area contributed by atoms with Crippen LogP contribution in [0.3, 0.4) is 0 Å². The van der Waals surface area contributed by atoms with Crippen LogP contribution in [-0.2, 0) is 26.3 Å². The molecule has 0 aliphatic heterocycles. The number of carbonyl (C=O) groups is 1. The van der Waals surface area contributed by atoms with E-state index >= 15 is 0 Å². The van der Waals surface area contributed by atoms with Crippen LogP contribution in [0, 0.1) is 0 Å². The van der Waals surface area contributed by atoms with Crippen LogP contribution in [0.15, 0.2) is 46.2 Å². The smallest absolute Gasteiger partial charge is 0.383 e. The summed E-state index contributed by atoms with van der Waals surface area (Å²) in [6.07, 6.45) is -0.563. The minimum Gasteiger partial charge on any atom is -0.383 e. The number of unbranched alkanes of at least 4 members (excludes halogenated alkanes) is 1. The van der Waals surface area contributed by atoms with Gasteiger partial charge in [-0.2, -0.15) is 18.3 Å². The summed E-state index contributed by atoms with van der Waals surface area (Å²) in [4.78, 5) is 37.8. The Bertz CT molecular complexity index is 1290. The summed E-state index contributed by atoms with van der Waals surface area (Å²) >= 11 is 0. The number of halogens is 3. The van der Waals surface area contributed by atoms with E-state index in [9.17, 15) is 27.6 Å². The maximum absolute atomic E-state index is 12.9. The van der Waals surface area contributed by atoms with Crippen molar-refractivity contribution in [3.8, 4) is 0 Å². The molecule has 1 aromatic carbocycles. The second-order valence-corrected chi connectivity index (χ2v) is 7.49. The molecule has 33 heavy (non-hydrogen) atoms. The third-order valence-corrected chi connectivity index (χ3v) is 5.06. The molecule has 2 heterocycles. The number of benzene rings is 1. The van der Waals surface area contributed by atoms with Gasteiger partial charge >= 0.3 is 11.9 Å². The zero-order valence-electron chi connectivity index (χ0n) is 18.0. The number of nitrogens with zero attached hydrogens (tertiary/aromatic N) is 4. The Hall–Kier alpha value is -3.83. The highest BCUT2D eigenvalue weighted by Gasteiger charge is 2.30. The van der Waals surface area contributed by atoms with E-state index in [-0.39, 0.29) is 30.2 Å². The maximum Gasteiger partial charge on any atom is 0.416 e. The fraction of sp³-hybridized carbons (Fsp3) is 0.333. The fourth-order valence-electron chi connectivity index (χ4n) is 3.20. The van der Waals surface area contributed by atoms with E-state index in [1.807, 2.05) is 6.92 Å². The molecule has 3 N–H and O–H groups in total. The third-order valence-electron chi connectivity index (χ3n) is 5.06. The van der Waals surface area contributed by atoms with E-state index in [1.54, 1.807) is 0 Å². The zero-order chi connectivity index (χ0) is 24.3. The molecule has 0 saturated heterocycles. The second-order valence-electron chi connectivity index (χ2n) is 7.49. The van der Waals surface area contributed by atoms with Crippen molar-refractivity contribution < 1.29 is 18.0 Å². The zero-order valence-corrected chi connectivity index (χ0v) is 18.0. The molecule has 0 saturated carbocycles. The summed E-state index contributed by atoms with van der Waals surface area (Å²) in [5.74, 6) is -0.891. The first-order valence-corrected chi connectivity index (χ1v) is 10.1. The maximum atomic E-state index is 12.9. The van der Waals surface area contributed by atoms with Gasteiger partial charge < -0.3 is 11.1 Å². The summed E-state index contributed by atoms with van der Waals surface area (Å²) in [6.45, 7) is 2.09. The summed E-state index contributed by atoms with van der Waals surface area (Å²) in [5.41, 5.74) is 3.98. The first-order chi connectivity index (χ1) is 15.5. The predicted molar refractivity (Wildman–Crippen MR) is 116 cm³/mol. The van der Waals surface area contributed by atoms with Gasteiger partial charge in [0.05, 0.1) is 23.9 Å². The van der Waals surface area contributed by atoms with Gasteiger partial charge in [0.15, 0.2) is 0 Å². The number of alkyl halides is 3. The molecule has 0 unspecified atom stereocenters. The molecule has 176 valence electrons. The predicted octanol–water partition coefficient (Wildman–Crippen LogP) is 2.45. The van der Waals surface area contributed by atoms with Gasteiger partial charge in [-0.25, -0.2) is 4.79 Å². The Kier molecular flexibility index (Phi) is 6.75. The molecule has 0 bridgehead atoms. The van der Waals surface area contributed by atoms with Crippen molar-refractivity contribution in [1.82, 2.24) is 18.9 Å². The van der Waals surface area contributed by atoms with Crippen molar-refractivity contribution >= 4 is 17.4 Å². The largest absolute Gasteiger partial charge is 0.416 e. The van der Waals surface area contributed by atoms with Crippen LogP contribution in [0.1, 0.15) is 41.3 Å². The number of amides is 1. The van der Waals surface area contributed by atoms with Crippen LogP contribution in [0.25, 0.3) is 0 Å². The van der Waals surface area contributed by atoms with Gasteiger partial charge in [-0.3, -0.25) is 23.4 Å². The minimum absolute atomic E-state index is 0.00298. The summed E-state index contributed by atoms with van der Waals surface area (Å²) < 4.78 is 42.1. The van der Waals surface area contributed by atoms with Crippen LogP contribution in [0.5, 0.6) is 0 Å². The molecule has 0 spiro atoms. The van der Waals surface area contributed by atoms with Crippen molar-refractivity contribution in [1.29, 1.82) is 0 Å². The molecule has 0 radical (unpaired) electrons. The molecule has 12 heteroatoms. The van der Waals surface area contributed by atoms with E-state index in [1.165, 1.54) is 36.3 Å². The van der Waals surface area contributed by atoms with Crippen LogP contribution in [0.4, 0.5) is 24.7 Å². The minimum atomic E-state index is -4.47. The Labute approximate surface area is 186 Å². The number of nitrogens with two attached hydrogens (primary N) is 1. The van der Waals surface area contributed by atoms with Gasteiger partial charge in [-0.05, 0) is 24.1 Å². The quantitative estimate of drug-likeness (QED) is 0.557. The SMILES string of the molecule is CCCCn1c(=O)c(NC(=O)c2cnn(Cc3cccc(C(F)(F)F)c3)c2)c(N)n(C)c1=O. The lowest BCUT2D eigenvalue weighted by atomic mass is 10.1. The average Bonchev–Trinajstić information content (AvgIpc) is 3.23. The molecule has 0 aliphatic carbocycles. The number of hydrogen-bond donors (Lipinski definition) is 2. The third kappa shape index (κ3) is 5.16. The molecule has 3 aromatic rings. The molecule has 0 atom stereocenters. The van der Waals surface area contributed by atoms with Crippen LogP contribution < -0.4 is 22.3 Å². The van der Waals surface area contributed by atoms with Crippen molar-refractivity contribution in [2.45, 2.75) is 39.0 Å². The molecular formula is C21H23F3N6O3. The van der Waals surface area contributed by atoms with Crippen molar-refractivity contribution in [2.24, 2.45) is 7.05 Å². The molecule has 9 nitrogen and oxygen atoms in total. The van der Waals surface area contributed by atoms with E-state index in [2.05, 4.69) is 10.4 Å². The normalized spacial score (nSPS) is 11.5. The lowest BCUT2D eigenvalue weighted by Gasteiger charge is -2.14. The van der Waals surface area contributed by atoms with Crippen LogP contribution >= 0.6 is 0 Å². The first-order valence-electron chi connectivity index (χ1n) is 10.1. The highest BCUT2D eigenvalue weighted by molar-refractivity contribution is 6.05. The molecule has 0 fully saturated rings. The molecule has 2 aromatic heterocycles. The lowest BCUT2D eigenvalue weighted by Crippen LogP contribution is -2.42. The summed E-state index contributed by atoms with van der Waals surface area (Å²) in [5, 5.41) is 6.43. The Morgan fingerprint density at radius 3 is 2.64 bits per heavy atom. The summed E-state index contributed by atoms with van der Waals surface area (Å²) in [6, 6.07) is 4.78. The second kappa shape index (κ2) is 9.35. The standard InChI is InChI=1S/C21H23F3N6O3/c1-3-4-8-30-19(32)16(17(25)28(2)20(30)33)27-18(31)14-10-26-29(12-14)11-13-6-5-7-15(9-13)21(22,23)24/h5-7,9-10,12H,3-4,8,11,25H2,1-2H3,(H,27,31). The average molecular weight is 464 g/mol. The molecule has 1 amide bonds. The Morgan fingerprint density at radius 2 is 1.97 bits per heavy atom. The van der Waals surface area contributed by atoms with E-state index < -0.39 is 28.9 Å². The van der Waals surface area contributed by atoms with Crippen LogP contribution in [0.2, 0.25) is 0 Å². The van der Waals surface area contributed by atoms with E-state index in [0.717, 1.165) is 27.7 Å². The number of carbonyl (C=O) groups excluding carboxylic acids is 1. The first kappa shape index (κ1) is 23.8. The van der Waals surface area contributed by atoms with E-state index in [0.29, 0.717) is 12.0 Å². The topological polar surface area (TPSA) is 117 Å². The van der Waals surface area contributed by atoms with E-state index in [4.69, 9.17) is 5.73 Å². The van der Waals surface area contributed by atoms with Crippen molar-refractivity contribution in [3.63, 3.8) is 0 Å². The van der Waals surface area contributed by atoms with Gasteiger partial charge in [0, 0.05) is 19.8 Å². The number of rotatable bonds is 7. The summed E-state index contributed by atoms with van der Waals surface area (Å²) in [7, 11) is 1.39. The van der Waals surface area contributed by atoms with Crippen molar-refractivity contribution in [2.75, 3.05) is 11.1 Å². The van der Waals surface area contributed by atoms with Crippen LogP contribution in [-0.4, -0.2) is 24.8 Å². The molecular weight excluding hydrogens is 441 g/mol. The molecule has 3 rings (SSSR count). The van der Waals surface area contributed by atoms with Gasteiger partial charge in [-0.1, -0.05) is 25.5 Å². The van der Waals surface area contributed by atoms with Crippen molar-refractivity contribution in [3.05, 3.63) is 74.2 Å². The Morgan fingerprint density at radius 1 is 1.24 bits per heavy atom. The van der Waals surface area contributed by atoms with Gasteiger partial charge in [-0.15, -0.1) is 0 Å². The number of aromatic nitrogens is 4. The van der Waals surface area contributed by atoms with Gasteiger partial charge in [0.2, 0.25) is 0 Å². The highest BCUT2D eigenvalue weighted by atomic mass is 19.4. The van der Waals surface area contributed by atoms with Gasteiger partial charge in [0.25, 0.3) is 11.5 Å².